The van der Waals surface area contributed by atoms with Crippen LogP contribution in [0, 0.1) is 5.92 Å². The lowest BCUT2D eigenvalue weighted by atomic mass is 9.81. The van der Waals surface area contributed by atoms with Crippen molar-refractivity contribution in [2.45, 2.75) is 31.7 Å². The van der Waals surface area contributed by atoms with Crippen LogP contribution in [0.15, 0.2) is 0 Å². The van der Waals surface area contributed by atoms with E-state index in [1.807, 2.05) is 0 Å². The highest BCUT2D eigenvalue weighted by atomic mass is 16.5. The molecule has 1 atom stereocenters. The first-order valence-electron chi connectivity index (χ1n) is 4.53. The van der Waals surface area contributed by atoms with Crippen LogP contribution in [-0.2, 0) is 9.53 Å². The van der Waals surface area contributed by atoms with Crippen molar-refractivity contribution in [1.29, 1.82) is 0 Å². The number of likely N-dealkylation sites (N-methyl/N-ethyl adjacent to an activating group) is 1. The average molecular weight is 171 g/mol. The molecule has 0 bridgehead atoms. The predicted octanol–water partition coefficient (Wildman–Crippen LogP) is 0.938. The third kappa shape index (κ3) is 2.21. The molecule has 0 aromatic heterocycles. The molecular weight excluding hydrogens is 154 g/mol. The summed E-state index contributed by atoms with van der Waals surface area (Å²) in [6.07, 6.45) is 4.80. The highest BCUT2D eigenvalue weighted by Gasteiger charge is 2.25. The summed E-state index contributed by atoms with van der Waals surface area (Å²) in [5.41, 5.74) is 0. The Bertz CT molecular complexity index is 155. The van der Waals surface area contributed by atoms with Crippen molar-refractivity contribution in [2.75, 3.05) is 14.2 Å². The molecule has 0 radical (unpaired) electrons. The Morgan fingerprint density at radius 3 is 2.67 bits per heavy atom. The van der Waals surface area contributed by atoms with Gasteiger partial charge in [-0.05, 0) is 19.4 Å². The second kappa shape index (κ2) is 4.45. The first-order chi connectivity index (χ1) is 5.77. The lowest BCUT2D eigenvalue weighted by molar-refractivity contribution is -0.143. The largest absolute Gasteiger partial charge is 0.468 e. The van der Waals surface area contributed by atoms with E-state index in [1.165, 1.54) is 26.4 Å². The van der Waals surface area contributed by atoms with Crippen LogP contribution in [0.4, 0.5) is 0 Å². The molecule has 1 N–H and O–H groups in total. The Morgan fingerprint density at radius 2 is 2.33 bits per heavy atom. The monoisotopic (exact) mass is 171 g/mol. The predicted molar refractivity (Wildman–Crippen MR) is 46.8 cm³/mol. The van der Waals surface area contributed by atoms with Gasteiger partial charge in [-0.15, -0.1) is 0 Å². The number of hydrogen-bond acceptors (Lipinski definition) is 3. The molecule has 0 spiro atoms. The SMILES string of the molecule is CNC(CC1CCC1)C(=O)OC. The molecule has 12 heavy (non-hydrogen) atoms. The van der Waals surface area contributed by atoms with Gasteiger partial charge in [0, 0.05) is 0 Å². The summed E-state index contributed by atoms with van der Waals surface area (Å²) >= 11 is 0. The second-order valence-electron chi connectivity index (χ2n) is 3.40. The van der Waals surface area contributed by atoms with Gasteiger partial charge in [-0.2, -0.15) is 0 Å². The molecule has 1 saturated carbocycles. The summed E-state index contributed by atoms with van der Waals surface area (Å²) in [4.78, 5) is 11.1. The van der Waals surface area contributed by atoms with E-state index in [4.69, 9.17) is 0 Å². The summed E-state index contributed by atoms with van der Waals surface area (Å²) in [5, 5.41) is 2.98. The van der Waals surface area contributed by atoms with E-state index in [2.05, 4.69) is 10.1 Å². The molecule has 1 rings (SSSR count). The van der Waals surface area contributed by atoms with E-state index >= 15 is 0 Å². The van der Waals surface area contributed by atoms with Gasteiger partial charge in [-0.1, -0.05) is 19.3 Å². The highest BCUT2D eigenvalue weighted by molar-refractivity contribution is 5.75. The van der Waals surface area contributed by atoms with Crippen LogP contribution in [-0.4, -0.2) is 26.2 Å². The number of methoxy groups -OCH3 is 1. The first kappa shape index (κ1) is 9.52. The van der Waals surface area contributed by atoms with Crippen LogP contribution in [0.25, 0.3) is 0 Å². The van der Waals surface area contributed by atoms with E-state index < -0.39 is 0 Å². The van der Waals surface area contributed by atoms with Crippen molar-refractivity contribution >= 4 is 5.97 Å². The maximum Gasteiger partial charge on any atom is 0.322 e. The molecule has 0 amide bonds. The molecule has 3 heteroatoms. The minimum atomic E-state index is -0.135. The van der Waals surface area contributed by atoms with Crippen LogP contribution in [0.2, 0.25) is 0 Å². The Kier molecular flexibility index (Phi) is 3.53. The fourth-order valence-corrected chi connectivity index (χ4v) is 1.54. The summed E-state index contributed by atoms with van der Waals surface area (Å²) in [6.45, 7) is 0. The van der Waals surface area contributed by atoms with Crippen LogP contribution in [0.1, 0.15) is 25.7 Å². The fraction of sp³-hybridized carbons (Fsp3) is 0.889. The molecule has 0 aromatic carbocycles. The van der Waals surface area contributed by atoms with Gasteiger partial charge in [0.05, 0.1) is 7.11 Å². The minimum Gasteiger partial charge on any atom is -0.468 e. The Morgan fingerprint density at radius 1 is 1.67 bits per heavy atom. The second-order valence-corrected chi connectivity index (χ2v) is 3.40. The third-order valence-electron chi connectivity index (χ3n) is 2.63. The number of nitrogens with one attached hydrogen (secondary N) is 1. The molecule has 1 unspecified atom stereocenters. The summed E-state index contributed by atoms with van der Waals surface area (Å²) in [7, 11) is 3.24. The molecule has 0 saturated heterocycles. The van der Waals surface area contributed by atoms with E-state index in [0.717, 1.165) is 12.3 Å². The summed E-state index contributed by atoms with van der Waals surface area (Å²) in [5.74, 6) is 0.603. The van der Waals surface area contributed by atoms with E-state index in [9.17, 15) is 4.79 Å². The zero-order chi connectivity index (χ0) is 8.97. The fourth-order valence-electron chi connectivity index (χ4n) is 1.54. The molecule has 3 nitrogen and oxygen atoms in total. The number of carbonyl (C=O) groups excluding carboxylic acids is 1. The van der Waals surface area contributed by atoms with Gasteiger partial charge in [-0.25, -0.2) is 0 Å². The lowest BCUT2D eigenvalue weighted by Crippen LogP contribution is -2.37. The van der Waals surface area contributed by atoms with Gasteiger partial charge in [0.2, 0.25) is 0 Å². The Labute approximate surface area is 73.5 Å². The third-order valence-corrected chi connectivity index (χ3v) is 2.63. The zero-order valence-corrected chi connectivity index (χ0v) is 7.80. The van der Waals surface area contributed by atoms with E-state index in [-0.39, 0.29) is 12.0 Å². The van der Waals surface area contributed by atoms with Crippen molar-refractivity contribution in [1.82, 2.24) is 5.32 Å². The van der Waals surface area contributed by atoms with Crippen LogP contribution in [0.3, 0.4) is 0 Å². The lowest BCUT2D eigenvalue weighted by Gasteiger charge is -2.28. The van der Waals surface area contributed by atoms with Gasteiger partial charge < -0.3 is 10.1 Å². The standard InChI is InChI=1S/C9H17NO2/c1-10-8(9(11)12-2)6-7-4-3-5-7/h7-8,10H,3-6H2,1-2H3. The number of ether oxygens (including phenoxy) is 1. The van der Waals surface area contributed by atoms with Crippen LogP contribution in [0.5, 0.6) is 0 Å². The number of hydrogen-bond donors (Lipinski definition) is 1. The Hall–Kier alpha value is -0.570. The molecule has 70 valence electrons. The molecule has 0 heterocycles. The maximum atomic E-state index is 11.1. The molecule has 1 aliphatic rings. The maximum absolute atomic E-state index is 11.1. The van der Waals surface area contributed by atoms with Crippen molar-refractivity contribution in [3.8, 4) is 0 Å². The van der Waals surface area contributed by atoms with Crippen molar-refractivity contribution in [2.24, 2.45) is 5.92 Å². The number of esters is 1. The minimum absolute atomic E-state index is 0.0969. The topological polar surface area (TPSA) is 38.3 Å². The molecule has 1 aliphatic carbocycles. The van der Waals surface area contributed by atoms with E-state index in [1.54, 1.807) is 7.05 Å². The normalized spacial score (nSPS) is 19.8. The summed E-state index contributed by atoms with van der Waals surface area (Å²) < 4.78 is 4.67. The smallest absolute Gasteiger partial charge is 0.322 e. The first-order valence-corrected chi connectivity index (χ1v) is 4.53. The van der Waals surface area contributed by atoms with Gasteiger partial charge in [0.1, 0.15) is 6.04 Å². The van der Waals surface area contributed by atoms with Gasteiger partial charge >= 0.3 is 5.97 Å². The molecule has 0 aliphatic heterocycles. The summed E-state index contributed by atoms with van der Waals surface area (Å²) in [6, 6.07) is -0.0969. The zero-order valence-electron chi connectivity index (χ0n) is 7.80. The van der Waals surface area contributed by atoms with Gasteiger partial charge in [-0.3, -0.25) is 4.79 Å². The average Bonchev–Trinajstić information content (AvgIpc) is 2.02. The van der Waals surface area contributed by atoms with Gasteiger partial charge in [0.25, 0.3) is 0 Å². The number of rotatable bonds is 4. The quantitative estimate of drug-likeness (QED) is 0.640. The molecule has 1 fully saturated rings. The Balaban J connectivity index is 2.28. The van der Waals surface area contributed by atoms with Crippen molar-refractivity contribution in [3.05, 3.63) is 0 Å². The van der Waals surface area contributed by atoms with E-state index in [0.29, 0.717) is 0 Å². The van der Waals surface area contributed by atoms with Crippen LogP contribution >= 0.6 is 0 Å². The molecular formula is C9H17NO2. The molecule has 0 aromatic rings. The van der Waals surface area contributed by atoms with Crippen molar-refractivity contribution < 1.29 is 9.53 Å². The van der Waals surface area contributed by atoms with Gasteiger partial charge in [0.15, 0.2) is 0 Å². The number of carbonyl (C=O) groups is 1. The van der Waals surface area contributed by atoms with Crippen molar-refractivity contribution in [3.63, 3.8) is 0 Å². The van der Waals surface area contributed by atoms with Crippen LogP contribution < -0.4 is 5.32 Å². The highest BCUT2D eigenvalue weighted by Crippen LogP contribution is 2.30.